The molecule has 2 aromatic rings. The van der Waals surface area contributed by atoms with Gasteiger partial charge in [-0.15, -0.1) is 11.3 Å². The number of rotatable bonds is 2. The number of aromatic nitrogens is 1. The van der Waals surface area contributed by atoms with E-state index in [2.05, 4.69) is 9.88 Å². The second kappa shape index (κ2) is 5.73. The molecule has 1 aromatic heterocycles. The lowest BCUT2D eigenvalue weighted by Gasteiger charge is -2.34. The first-order valence-electron chi connectivity index (χ1n) is 6.95. The number of piperazine rings is 1. The quantitative estimate of drug-likeness (QED) is 0.862. The van der Waals surface area contributed by atoms with Crippen LogP contribution in [0.25, 0.3) is 0 Å². The minimum absolute atomic E-state index is 0.0197. The van der Waals surface area contributed by atoms with Gasteiger partial charge >= 0.3 is 0 Å². The maximum atomic E-state index is 12.5. The summed E-state index contributed by atoms with van der Waals surface area (Å²) in [5.41, 5.74) is 8.19. The zero-order valence-corrected chi connectivity index (χ0v) is 12.8. The lowest BCUT2D eigenvalue weighted by Crippen LogP contribution is -2.48. The van der Waals surface area contributed by atoms with E-state index in [1.807, 2.05) is 41.6 Å². The number of hydrogen-bond acceptors (Lipinski definition) is 5. The standard InChI is InChI=1S/C15H18N4OS/c1-11-2-3-12(13(16)10-11)14(20)18-5-7-19(8-6-18)15-17-4-9-21-15/h2-4,9-10H,5-8,16H2,1H3. The zero-order chi connectivity index (χ0) is 14.8. The summed E-state index contributed by atoms with van der Waals surface area (Å²) in [4.78, 5) is 20.9. The minimum atomic E-state index is 0.0197. The van der Waals surface area contributed by atoms with E-state index in [0.29, 0.717) is 24.3 Å². The van der Waals surface area contributed by atoms with Crippen LogP contribution in [-0.2, 0) is 0 Å². The molecule has 0 spiro atoms. The molecule has 1 aliphatic rings. The Morgan fingerprint density at radius 1 is 1.29 bits per heavy atom. The molecule has 1 fully saturated rings. The summed E-state index contributed by atoms with van der Waals surface area (Å²) < 4.78 is 0. The molecule has 1 saturated heterocycles. The molecular weight excluding hydrogens is 284 g/mol. The molecule has 0 radical (unpaired) electrons. The van der Waals surface area contributed by atoms with Gasteiger partial charge in [-0.05, 0) is 24.6 Å². The van der Waals surface area contributed by atoms with E-state index >= 15 is 0 Å². The Labute approximate surface area is 128 Å². The Morgan fingerprint density at radius 2 is 2.05 bits per heavy atom. The molecule has 0 bridgehead atoms. The van der Waals surface area contributed by atoms with Gasteiger partial charge in [-0.2, -0.15) is 0 Å². The van der Waals surface area contributed by atoms with E-state index in [4.69, 9.17) is 5.73 Å². The van der Waals surface area contributed by atoms with Crippen LogP contribution in [0.3, 0.4) is 0 Å². The van der Waals surface area contributed by atoms with Crippen molar-refractivity contribution in [1.29, 1.82) is 0 Å². The van der Waals surface area contributed by atoms with Crippen molar-refractivity contribution in [2.45, 2.75) is 6.92 Å². The monoisotopic (exact) mass is 302 g/mol. The SMILES string of the molecule is Cc1ccc(C(=O)N2CCN(c3nccs3)CC2)c(N)c1. The molecule has 1 amide bonds. The molecule has 6 heteroatoms. The van der Waals surface area contributed by atoms with E-state index in [9.17, 15) is 4.79 Å². The van der Waals surface area contributed by atoms with E-state index in [0.717, 1.165) is 23.8 Å². The number of nitrogen functional groups attached to an aromatic ring is 1. The average molecular weight is 302 g/mol. The topological polar surface area (TPSA) is 62.5 Å². The number of nitrogens with zero attached hydrogens (tertiary/aromatic N) is 3. The van der Waals surface area contributed by atoms with Gasteiger partial charge in [0, 0.05) is 43.4 Å². The fourth-order valence-corrected chi connectivity index (χ4v) is 3.22. The molecule has 110 valence electrons. The summed E-state index contributed by atoms with van der Waals surface area (Å²) >= 11 is 1.63. The van der Waals surface area contributed by atoms with E-state index in [-0.39, 0.29) is 5.91 Å². The second-order valence-corrected chi connectivity index (χ2v) is 6.06. The number of aryl methyl sites for hydroxylation is 1. The number of benzene rings is 1. The van der Waals surface area contributed by atoms with E-state index < -0.39 is 0 Å². The highest BCUT2D eigenvalue weighted by atomic mass is 32.1. The Bertz CT molecular complexity index is 633. The van der Waals surface area contributed by atoms with Crippen molar-refractivity contribution >= 4 is 28.1 Å². The highest BCUT2D eigenvalue weighted by molar-refractivity contribution is 7.13. The first-order valence-corrected chi connectivity index (χ1v) is 7.83. The Kier molecular flexibility index (Phi) is 3.79. The van der Waals surface area contributed by atoms with Crippen molar-refractivity contribution in [3.05, 3.63) is 40.9 Å². The van der Waals surface area contributed by atoms with Crippen molar-refractivity contribution in [2.24, 2.45) is 0 Å². The van der Waals surface area contributed by atoms with Crippen molar-refractivity contribution in [2.75, 3.05) is 36.8 Å². The first-order chi connectivity index (χ1) is 10.1. The highest BCUT2D eigenvalue weighted by Crippen LogP contribution is 2.21. The maximum absolute atomic E-state index is 12.5. The molecule has 2 N–H and O–H groups in total. The Hall–Kier alpha value is -2.08. The summed E-state index contributed by atoms with van der Waals surface area (Å²) in [6.45, 7) is 4.99. The van der Waals surface area contributed by atoms with E-state index in [1.165, 1.54) is 0 Å². The van der Waals surface area contributed by atoms with Crippen LogP contribution in [0, 0.1) is 6.92 Å². The first kappa shape index (κ1) is 13.9. The predicted octanol–water partition coefficient (Wildman–Crippen LogP) is 2.00. The van der Waals surface area contributed by atoms with Gasteiger partial charge in [0.2, 0.25) is 0 Å². The Balaban J connectivity index is 1.67. The van der Waals surface area contributed by atoms with Crippen molar-refractivity contribution in [1.82, 2.24) is 9.88 Å². The molecule has 0 saturated carbocycles. The van der Waals surface area contributed by atoms with Gasteiger partial charge in [-0.3, -0.25) is 4.79 Å². The predicted molar refractivity (Wildman–Crippen MR) is 85.8 cm³/mol. The molecule has 2 heterocycles. The van der Waals surface area contributed by atoms with Crippen LogP contribution in [0.1, 0.15) is 15.9 Å². The number of amides is 1. The number of thiazole rings is 1. The van der Waals surface area contributed by atoms with Crippen LogP contribution in [0.4, 0.5) is 10.8 Å². The molecule has 0 atom stereocenters. The van der Waals surface area contributed by atoms with Gasteiger partial charge in [0.15, 0.2) is 5.13 Å². The van der Waals surface area contributed by atoms with Gasteiger partial charge < -0.3 is 15.5 Å². The van der Waals surface area contributed by atoms with Gasteiger partial charge in [-0.25, -0.2) is 4.98 Å². The van der Waals surface area contributed by atoms with Crippen molar-refractivity contribution in [3.63, 3.8) is 0 Å². The molecule has 21 heavy (non-hydrogen) atoms. The number of anilines is 2. The fourth-order valence-electron chi connectivity index (χ4n) is 2.52. The highest BCUT2D eigenvalue weighted by Gasteiger charge is 2.24. The molecule has 3 rings (SSSR count). The van der Waals surface area contributed by atoms with Crippen molar-refractivity contribution in [3.8, 4) is 0 Å². The summed E-state index contributed by atoms with van der Waals surface area (Å²) in [7, 11) is 0. The smallest absolute Gasteiger partial charge is 0.256 e. The molecule has 1 aliphatic heterocycles. The number of hydrogen-bond donors (Lipinski definition) is 1. The number of carbonyl (C=O) groups excluding carboxylic acids is 1. The second-order valence-electron chi connectivity index (χ2n) is 5.18. The van der Waals surface area contributed by atoms with Gasteiger partial charge in [-0.1, -0.05) is 6.07 Å². The van der Waals surface area contributed by atoms with Crippen LogP contribution in [-0.4, -0.2) is 42.0 Å². The number of carbonyl (C=O) groups is 1. The van der Waals surface area contributed by atoms with Gasteiger partial charge in [0.05, 0.1) is 5.56 Å². The van der Waals surface area contributed by atoms with Crippen LogP contribution < -0.4 is 10.6 Å². The average Bonchev–Trinajstić information content (AvgIpc) is 3.01. The van der Waals surface area contributed by atoms with E-state index in [1.54, 1.807) is 11.3 Å². The summed E-state index contributed by atoms with van der Waals surface area (Å²) in [5.74, 6) is 0.0197. The minimum Gasteiger partial charge on any atom is -0.398 e. The molecule has 0 unspecified atom stereocenters. The van der Waals surface area contributed by atoms with Crippen LogP contribution >= 0.6 is 11.3 Å². The summed E-state index contributed by atoms with van der Waals surface area (Å²) in [5, 5.41) is 3.00. The normalized spacial score (nSPS) is 15.3. The third-order valence-corrected chi connectivity index (χ3v) is 4.53. The van der Waals surface area contributed by atoms with Gasteiger partial charge in [0.1, 0.15) is 0 Å². The van der Waals surface area contributed by atoms with Crippen LogP contribution in [0.15, 0.2) is 29.8 Å². The van der Waals surface area contributed by atoms with Crippen molar-refractivity contribution < 1.29 is 4.79 Å². The number of nitrogens with two attached hydrogens (primary N) is 1. The lowest BCUT2D eigenvalue weighted by molar-refractivity contribution is 0.0748. The zero-order valence-electron chi connectivity index (χ0n) is 12.0. The maximum Gasteiger partial charge on any atom is 0.256 e. The molecule has 5 nitrogen and oxygen atoms in total. The third-order valence-electron chi connectivity index (χ3n) is 3.69. The van der Waals surface area contributed by atoms with Crippen LogP contribution in [0.2, 0.25) is 0 Å². The lowest BCUT2D eigenvalue weighted by atomic mass is 10.1. The molecule has 0 aliphatic carbocycles. The third kappa shape index (κ3) is 2.85. The largest absolute Gasteiger partial charge is 0.398 e. The summed E-state index contributed by atoms with van der Waals surface area (Å²) in [6, 6.07) is 5.59. The molecular formula is C15H18N4OS. The Morgan fingerprint density at radius 3 is 2.67 bits per heavy atom. The fraction of sp³-hybridized carbons (Fsp3) is 0.333. The molecule has 1 aromatic carbocycles. The summed E-state index contributed by atoms with van der Waals surface area (Å²) in [6.07, 6.45) is 1.81. The van der Waals surface area contributed by atoms with Gasteiger partial charge in [0.25, 0.3) is 5.91 Å². The van der Waals surface area contributed by atoms with Crippen LogP contribution in [0.5, 0.6) is 0 Å².